The summed E-state index contributed by atoms with van der Waals surface area (Å²) in [5.41, 5.74) is 0.814. The van der Waals surface area contributed by atoms with E-state index < -0.39 is 22.3 Å². The standard InChI is InChI=1S/C14H10BrF3O/c1-19-13-3-2-9(16)7-12(13)14(15)8-4-10(17)6-11(18)5-8/h2-7,14H,1H3. The molecule has 0 saturated carbocycles. The van der Waals surface area contributed by atoms with Gasteiger partial charge in [0.2, 0.25) is 0 Å². The fourth-order valence-corrected chi connectivity index (χ4v) is 2.43. The minimum atomic E-state index is -0.685. The van der Waals surface area contributed by atoms with Gasteiger partial charge in [-0.3, -0.25) is 0 Å². The molecule has 2 aromatic rings. The zero-order chi connectivity index (χ0) is 14.0. The van der Waals surface area contributed by atoms with E-state index >= 15 is 0 Å². The van der Waals surface area contributed by atoms with Crippen molar-refractivity contribution in [1.29, 1.82) is 0 Å². The first-order valence-corrected chi connectivity index (χ1v) is 6.36. The Bertz CT molecular complexity index is 581. The molecule has 0 aliphatic rings. The van der Waals surface area contributed by atoms with E-state index in [1.165, 1.54) is 37.4 Å². The minimum absolute atomic E-state index is 0.349. The lowest BCUT2D eigenvalue weighted by atomic mass is 10.0. The van der Waals surface area contributed by atoms with E-state index in [1.54, 1.807) is 0 Å². The molecule has 0 bridgehead atoms. The molecule has 1 atom stereocenters. The maximum Gasteiger partial charge on any atom is 0.126 e. The molecule has 1 unspecified atom stereocenters. The monoisotopic (exact) mass is 330 g/mol. The molecule has 0 saturated heterocycles. The average molecular weight is 331 g/mol. The van der Waals surface area contributed by atoms with Gasteiger partial charge in [0.05, 0.1) is 11.9 Å². The summed E-state index contributed by atoms with van der Waals surface area (Å²) in [6.45, 7) is 0. The molecule has 0 aliphatic carbocycles. The Morgan fingerprint density at radius 3 is 2.16 bits per heavy atom. The van der Waals surface area contributed by atoms with E-state index in [0.29, 0.717) is 16.9 Å². The first-order valence-electron chi connectivity index (χ1n) is 5.44. The summed E-state index contributed by atoms with van der Waals surface area (Å²) in [5.74, 6) is -1.38. The summed E-state index contributed by atoms with van der Waals surface area (Å²) in [6, 6.07) is 7.15. The van der Waals surface area contributed by atoms with Crippen LogP contribution in [0, 0.1) is 17.5 Å². The lowest BCUT2D eigenvalue weighted by molar-refractivity contribution is 0.409. The second-order valence-electron chi connectivity index (χ2n) is 3.95. The van der Waals surface area contributed by atoms with Gasteiger partial charge in [0.25, 0.3) is 0 Å². The average Bonchev–Trinajstić information content (AvgIpc) is 2.36. The molecule has 2 rings (SSSR count). The van der Waals surface area contributed by atoms with Crippen LogP contribution in [0.1, 0.15) is 16.0 Å². The van der Waals surface area contributed by atoms with Crippen molar-refractivity contribution >= 4 is 15.9 Å². The molecule has 0 spiro atoms. The van der Waals surface area contributed by atoms with Crippen LogP contribution in [0.2, 0.25) is 0 Å². The van der Waals surface area contributed by atoms with E-state index in [0.717, 1.165) is 6.07 Å². The second kappa shape index (κ2) is 5.65. The normalized spacial score (nSPS) is 12.3. The number of rotatable bonds is 3. The van der Waals surface area contributed by atoms with Gasteiger partial charge in [-0.1, -0.05) is 15.9 Å². The van der Waals surface area contributed by atoms with E-state index in [2.05, 4.69) is 15.9 Å². The summed E-state index contributed by atoms with van der Waals surface area (Å²) in [4.78, 5) is -0.566. The van der Waals surface area contributed by atoms with Gasteiger partial charge in [0, 0.05) is 11.6 Å². The van der Waals surface area contributed by atoms with Gasteiger partial charge in [0.1, 0.15) is 23.2 Å². The first-order chi connectivity index (χ1) is 9.01. The van der Waals surface area contributed by atoms with E-state index in [9.17, 15) is 13.2 Å². The Balaban J connectivity index is 2.48. The fourth-order valence-electron chi connectivity index (χ4n) is 1.80. The van der Waals surface area contributed by atoms with Gasteiger partial charge >= 0.3 is 0 Å². The zero-order valence-corrected chi connectivity index (χ0v) is 11.5. The molecule has 1 nitrogen and oxygen atoms in total. The smallest absolute Gasteiger partial charge is 0.126 e. The Morgan fingerprint density at radius 2 is 1.58 bits per heavy atom. The highest BCUT2D eigenvalue weighted by Crippen LogP contribution is 2.37. The highest BCUT2D eigenvalue weighted by atomic mass is 79.9. The number of halogens is 4. The van der Waals surface area contributed by atoms with Crippen molar-refractivity contribution in [3.63, 3.8) is 0 Å². The predicted molar refractivity (Wildman–Crippen MR) is 70.1 cm³/mol. The number of benzene rings is 2. The van der Waals surface area contributed by atoms with Crippen molar-refractivity contribution in [2.75, 3.05) is 7.11 Å². The zero-order valence-electron chi connectivity index (χ0n) is 9.96. The van der Waals surface area contributed by atoms with E-state index in [1.807, 2.05) is 0 Å². The summed E-state index contributed by atoms with van der Waals surface area (Å²) < 4.78 is 44.8. The number of hydrogen-bond acceptors (Lipinski definition) is 1. The predicted octanol–water partition coefficient (Wildman–Crippen LogP) is 4.60. The molecule has 0 radical (unpaired) electrons. The maximum absolute atomic E-state index is 13.3. The lowest BCUT2D eigenvalue weighted by Crippen LogP contribution is -1.99. The van der Waals surface area contributed by atoms with Crippen LogP contribution in [0.25, 0.3) is 0 Å². The minimum Gasteiger partial charge on any atom is -0.496 e. The summed E-state index contributed by atoms with van der Waals surface area (Å²) in [6.07, 6.45) is 0. The van der Waals surface area contributed by atoms with Crippen LogP contribution in [-0.2, 0) is 0 Å². The summed E-state index contributed by atoms with van der Waals surface area (Å²) >= 11 is 3.31. The van der Waals surface area contributed by atoms with Crippen molar-refractivity contribution in [2.45, 2.75) is 4.83 Å². The van der Waals surface area contributed by atoms with Gasteiger partial charge in [0.15, 0.2) is 0 Å². The van der Waals surface area contributed by atoms with Crippen LogP contribution in [0.3, 0.4) is 0 Å². The van der Waals surface area contributed by atoms with Crippen molar-refractivity contribution in [3.8, 4) is 5.75 Å². The highest BCUT2D eigenvalue weighted by molar-refractivity contribution is 9.09. The molecule has 0 heterocycles. The number of alkyl halides is 1. The first kappa shape index (κ1) is 13.9. The molecular formula is C14H10BrF3O. The Labute approximate surface area is 117 Å². The largest absolute Gasteiger partial charge is 0.496 e. The van der Waals surface area contributed by atoms with Gasteiger partial charge in [-0.2, -0.15) is 0 Å². The van der Waals surface area contributed by atoms with Crippen molar-refractivity contribution in [1.82, 2.24) is 0 Å². The Kier molecular flexibility index (Phi) is 4.14. The third-order valence-corrected chi connectivity index (χ3v) is 3.66. The number of hydrogen-bond donors (Lipinski definition) is 0. The molecule has 19 heavy (non-hydrogen) atoms. The SMILES string of the molecule is COc1ccc(F)cc1C(Br)c1cc(F)cc(F)c1. The van der Waals surface area contributed by atoms with Crippen LogP contribution < -0.4 is 4.74 Å². The van der Waals surface area contributed by atoms with E-state index in [-0.39, 0.29) is 0 Å². The Hall–Kier alpha value is -1.49. The van der Waals surface area contributed by atoms with Crippen molar-refractivity contribution in [2.24, 2.45) is 0 Å². The molecule has 100 valence electrons. The van der Waals surface area contributed by atoms with Crippen molar-refractivity contribution in [3.05, 3.63) is 65.0 Å². The maximum atomic E-state index is 13.3. The molecule has 0 amide bonds. The third kappa shape index (κ3) is 3.10. The van der Waals surface area contributed by atoms with Gasteiger partial charge < -0.3 is 4.74 Å². The second-order valence-corrected chi connectivity index (χ2v) is 4.87. The summed E-state index contributed by atoms with van der Waals surface area (Å²) in [5, 5.41) is 0. The molecule has 0 aromatic heterocycles. The molecule has 0 fully saturated rings. The molecule has 0 N–H and O–H groups in total. The van der Waals surface area contributed by atoms with Crippen molar-refractivity contribution < 1.29 is 17.9 Å². The summed E-state index contributed by atoms with van der Waals surface area (Å²) in [7, 11) is 1.45. The highest BCUT2D eigenvalue weighted by Gasteiger charge is 2.17. The third-order valence-electron chi connectivity index (χ3n) is 2.64. The van der Waals surface area contributed by atoms with Crippen LogP contribution in [0.5, 0.6) is 5.75 Å². The van der Waals surface area contributed by atoms with E-state index in [4.69, 9.17) is 4.74 Å². The molecular weight excluding hydrogens is 321 g/mol. The Morgan fingerprint density at radius 1 is 0.947 bits per heavy atom. The van der Waals surface area contributed by atoms with Gasteiger partial charge in [-0.05, 0) is 35.9 Å². The van der Waals surface area contributed by atoms with Crippen LogP contribution in [0.15, 0.2) is 36.4 Å². The van der Waals surface area contributed by atoms with Gasteiger partial charge in [-0.15, -0.1) is 0 Å². The van der Waals surface area contributed by atoms with Crippen LogP contribution in [-0.4, -0.2) is 7.11 Å². The molecule has 2 aromatic carbocycles. The van der Waals surface area contributed by atoms with Gasteiger partial charge in [-0.25, -0.2) is 13.2 Å². The molecule has 5 heteroatoms. The molecule has 0 aliphatic heterocycles. The number of ether oxygens (including phenoxy) is 1. The quantitative estimate of drug-likeness (QED) is 0.747. The van der Waals surface area contributed by atoms with Crippen LogP contribution in [0.4, 0.5) is 13.2 Å². The fraction of sp³-hybridized carbons (Fsp3) is 0.143. The topological polar surface area (TPSA) is 9.23 Å². The number of methoxy groups -OCH3 is 1. The lowest BCUT2D eigenvalue weighted by Gasteiger charge is -2.15. The van der Waals surface area contributed by atoms with Crippen LogP contribution >= 0.6 is 15.9 Å².